The number of fused-ring (bicyclic) bond motifs is 2. The second-order valence-electron chi connectivity index (χ2n) is 7.50. The normalized spacial score (nSPS) is 11.4. The van der Waals surface area contributed by atoms with Gasteiger partial charge in [-0.15, -0.1) is 0 Å². The molecular formula is C21H19ClN4O8. The van der Waals surface area contributed by atoms with Crippen LogP contribution in [-0.4, -0.2) is 34.0 Å². The van der Waals surface area contributed by atoms with E-state index in [0.29, 0.717) is 0 Å². The Morgan fingerprint density at radius 2 is 1.35 bits per heavy atom. The Bertz CT molecular complexity index is 1750. The molecule has 0 spiro atoms. The van der Waals surface area contributed by atoms with Gasteiger partial charge in [0.05, 0.1) is 26.6 Å². The number of nitrogens with zero attached hydrogens (tertiary/aromatic N) is 4. The Morgan fingerprint density at radius 1 is 0.794 bits per heavy atom. The van der Waals surface area contributed by atoms with E-state index in [0.717, 1.165) is 26.2 Å². The van der Waals surface area contributed by atoms with Crippen molar-refractivity contribution in [3.63, 3.8) is 0 Å². The van der Waals surface area contributed by atoms with Gasteiger partial charge in [-0.2, -0.15) is 0 Å². The quantitative estimate of drug-likeness (QED) is 0.350. The Hall–Kier alpha value is -4.19. The van der Waals surface area contributed by atoms with Crippen LogP contribution >= 0.6 is 11.6 Å². The van der Waals surface area contributed by atoms with Crippen molar-refractivity contribution in [1.82, 2.24) is 18.7 Å². The highest BCUT2D eigenvalue weighted by atomic mass is 35.5. The van der Waals surface area contributed by atoms with Crippen LogP contribution < -0.4 is 27.0 Å². The molecule has 0 amide bonds. The first kappa shape index (κ1) is 23.0. The summed E-state index contributed by atoms with van der Waals surface area (Å²) in [4.78, 5) is 51.1. The number of rotatable bonds is 4. The van der Waals surface area contributed by atoms with Gasteiger partial charge in [0.2, 0.25) is 0 Å². The monoisotopic (exact) mass is 490 g/mol. The zero-order valence-corrected chi connectivity index (χ0v) is 19.0. The van der Waals surface area contributed by atoms with Gasteiger partial charge >= 0.3 is 0 Å². The van der Waals surface area contributed by atoms with Crippen molar-refractivity contribution < 1.29 is 20.1 Å². The Morgan fingerprint density at radius 3 is 2.00 bits per heavy atom. The van der Waals surface area contributed by atoms with Crippen molar-refractivity contribution >= 4 is 33.1 Å². The van der Waals surface area contributed by atoms with Gasteiger partial charge in [0, 0.05) is 20.6 Å². The molecule has 0 bridgehead atoms. The zero-order valence-electron chi connectivity index (χ0n) is 18.2. The van der Waals surface area contributed by atoms with E-state index in [9.17, 15) is 34.5 Å². The molecule has 0 unspecified atom stereocenters. The summed E-state index contributed by atoms with van der Waals surface area (Å²) < 4.78 is 9.65. The van der Waals surface area contributed by atoms with Crippen molar-refractivity contribution in [2.24, 2.45) is 14.1 Å². The van der Waals surface area contributed by atoms with Gasteiger partial charge in [0.25, 0.3) is 22.2 Å². The smallest absolute Gasteiger partial charge is 0.278 e. The van der Waals surface area contributed by atoms with Crippen LogP contribution in [0.2, 0.25) is 5.02 Å². The molecule has 0 aliphatic carbocycles. The lowest BCUT2D eigenvalue weighted by molar-refractivity contribution is 0.189. The average Bonchev–Trinajstić information content (AvgIpc) is 2.80. The summed E-state index contributed by atoms with van der Waals surface area (Å²) in [6, 6.07) is 3.20. The maximum absolute atomic E-state index is 13.0. The molecule has 0 atom stereocenters. The lowest BCUT2D eigenvalue weighted by Crippen LogP contribution is -2.38. The molecule has 4 aromatic rings. The molecule has 3 N–H and O–H groups in total. The summed E-state index contributed by atoms with van der Waals surface area (Å²) in [7, 11) is 2.71. The summed E-state index contributed by atoms with van der Waals surface area (Å²) in [5, 5.41) is 28.9. The van der Waals surface area contributed by atoms with Crippen molar-refractivity contribution in [2.75, 3.05) is 0 Å². The summed E-state index contributed by atoms with van der Waals surface area (Å²) in [6.07, 6.45) is 0. The fourth-order valence-corrected chi connectivity index (χ4v) is 4.06. The van der Waals surface area contributed by atoms with Crippen molar-refractivity contribution in [1.29, 1.82) is 0 Å². The molecule has 13 heteroatoms. The molecule has 2 heterocycles. The number of hydrogen-bond donors (Lipinski definition) is 3. The second-order valence-corrected chi connectivity index (χ2v) is 7.88. The molecule has 2 aromatic carbocycles. The Balaban J connectivity index is 1.87. The van der Waals surface area contributed by atoms with Gasteiger partial charge in [0.1, 0.15) is 0 Å². The van der Waals surface area contributed by atoms with E-state index in [1.165, 1.54) is 24.8 Å². The molecule has 12 nitrogen and oxygen atoms in total. The molecular weight excluding hydrogens is 472 g/mol. The predicted octanol–water partition coefficient (Wildman–Crippen LogP) is 0.540. The van der Waals surface area contributed by atoms with Crippen molar-refractivity contribution in [3.8, 4) is 23.0 Å². The summed E-state index contributed by atoms with van der Waals surface area (Å²) >= 11 is 5.99. The van der Waals surface area contributed by atoms with Crippen LogP contribution in [-0.2, 0) is 27.4 Å². The van der Waals surface area contributed by atoms with Crippen LogP contribution in [0.4, 0.5) is 0 Å². The number of benzene rings is 2. The maximum Gasteiger partial charge on any atom is 0.278 e. The fraction of sp³-hybridized carbons (Fsp3) is 0.238. The fourth-order valence-electron chi connectivity index (χ4n) is 3.78. The number of phenolic OH excluding ortho intramolecular Hbond substituents is 3. The third-order valence-electron chi connectivity index (χ3n) is 5.65. The summed E-state index contributed by atoms with van der Waals surface area (Å²) in [6.45, 7) is 1.33. The minimum atomic E-state index is -0.820. The van der Waals surface area contributed by atoms with Crippen LogP contribution in [0.3, 0.4) is 0 Å². The third-order valence-corrected chi connectivity index (χ3v) is 6.02. The lowest BCUT2D eigenvalue weighted by atomic mass is 10.1. The summed E-state index contributed by atoms with van der Waals surface area (Å²) in [5.41, 5.74) is -2.52. The number of phenols is 3. The van der Waals surface area contributed by atoms with E-state index >= 15 is 0 Å². The van der Waals surface area contributed by atoms with Crippen LogP contribution in [0.1, 0.15) is 6.92 Å². The third kappa shape index (κ3) is 3.22. The highest BCUT2D eigenvalue weighted by Gasteiger charge is 2.20. The first-order chi connectivity index (χ1) is 16.0. The molecule has 0 radical (unpaired) electrons. The second kappa shape index (κ2) is 7.99. The SMILES string of the molecule is CCn1c(=O)c2cc(OCn3c(=O)c4c(Cl)c(O)c(O)cc4c(=O)n3C)c(O)cc2c(=O)n1C. The zero-order chi connectivity index (χ0) is 25.1. The predicted molar refractivity (Wildman–Crippen MR) is 123 cm³/mol. The van der Waals surface area contributed by atoms with E-state index in [4.69, 9.17) is 16.3 Å². The van der Waals surface area contributed by atoms with Gasteiger partial charge < -0.3 is 20.1 Å². The van der Waals surface area contributed by atoms with Crippen molar-refractivity contribution in [2.45, 2.75) is 20.2 Å². The molecule has 0 aliphatic heterocycles. The average molecular weight is 491 g/mol. The van der Waals surface area contributed by atoms with E-state index in [-0.39, 0.29) is 33.8 Å². The van der Waals surface area contributed by atoms with Crippen LogP contribution in [0.25, 0.3) is 21.5 Å². The molecule has 0 saturated carbocycles. The van der Waals surface area contributed by atoms with Crippen molar-refractivity contribution in [3.05, 3.63) is 64.6 Å². The van der Waals surface area contributed by atoms with Gasteiger partial charge in [-0.3, -0.25) is 23.9 Å². The van der Waals surface area contributed by atoms with E-state index in [1.54, 1.807) is 6.92 Å². The first-order valence-corrected chi connectivity index (χ1v) is 10.3. The molecule has 0 saturated heterocycles. The van der Waals surface area contributed by atoms with Gasteiger partial charge in [-0.05, 0) is 25.1 Å². The Kier molecular flexibility index (Phi) is 5.40. The van der Waals surface area contributed by atoms with E-state index in [1.807, 2.05) is 0 Å². The standard InChI is InChI=1S/C21H19ClN4O8/c1-4-25-20(32)10-7-14(12(27)5-9(10)18(30)23(25)2)34-8-26-21(33)15-11(19(31)24(26)3)6-13(28)17(29)16(15)22/h5-7,27-29H,4,8H2,1-3H3. The highest BCUT2D eigenvalue weighted by Crippen LogP contribution is 2.37. The largest absolute Gasteiger partial charge is 0.504 e. The maximum atomic E-state index is 13.0. The first-order valence-electron chi connectivity index (χ1n) is 9.93. The van der Waals surface area contributed by atoms with Gasteiger partial charge in [-0.25, -0.2) is 14.0 Å². The van der Waals surface area contributed by atoms with E-state index < -0.39 is 51.2 Å². The number of aromatic hydroxyl groups is 3. The molecule has 0 aliphatic rings. The Labute approximate surface area is 194 Å². The number of aromatic nitrogens is 4. The molecule has 0 fully saturated rings. The molecule has 34 heavy (non-hydrogen) atoms. The number of hydrogen-bond acceptors (Lipinski definition) is 8. The highest BCUT2D eigenvalue weighted by molar-refractivity contribution is 6.37. The molecule has 4 rings (SSSR count). The minimum Gasteiger partial charge on any atom is -0.504 e. The molecule has 178 valence electrons. The lowest BCUT2D eigenvalue weighted by Gasteiger charge is -2.16. The van der Waals surface area contributed by atoms with Crippen LogP contribution in [0.5, 0.6) is 23.0 Å². The van der Waals surface area contributed by atoms with Crippen LogP contribution in [0, 0.1) is 0 Å². The van der Waals surface area contributed by atoms with E-state index in [2.05, 4.69) is 0 Å². The number of halogens is 1. The van der Waals surface area contributed by atoms with Crippen LogP contribution in [0.15, 0.2) is 37.4 Å². The number of ether oxygens (including phenoxy) is 1. The molecule has 2 aromatic heterocycles. The van der Waals surface area contributed by atoms with Gasteiger partial charge in [0.15, 0.2) is 29.7 Å². The topological polar surface area (TPSA) is 158 Å². The minimum absolute atomic E-state index is 0.000870. The van der Waals surface area contributed by atoms with Gasteiger partial charge in [-0.1, -0.05) is 11.6 Å². The summed E-state index contributed by atoms with van der Waals surface area (Å²) in [5.74, 6) is -2.09.